The predicted molar refractivity (Wildman–Crippen MR) is 91.5 cm³/mol. The van der Waals surface area contributed by atoms with Crippen LogP contribution in [-0.4, -0.2) is 50.2 Å². The quantitative estimate of drug-likeness (QED) is 0.709. The fourth-order valence-electron chi connectivity index (χ4n) is 3.37. The summed E-state index contributed by atoms with van der Waals surface area (Å²) in [5.41, 5.74) is -0.430. The molecule has 1 atom stereocenters. The van der Waals surface area contributed by atoms with Gasteiger partial charge in [0, 0.05) is 20.2 Å². The summed E-state index contributed by atoms with van der Waals surface area (Å²) in [7, 11) is 1.55. The van der Waals surface area contributed by atoms with Crippen LogP contribution in [0.2, 0.25) is 0 Å². The molecule has 0 bridgehead atoms. The van der Waals surface area contributed by atoms with Gasteiger partial charge in [-0.2, -0.15) is 0 Å². The zero-order valence-corrected chi connectivity index (χ0v) is 14.9. The highest BCUT2D eigenvalue weighted by molar-refractivity contribution is 5.81. The molecule has 138 valence electrons. The number of hydrogen-bond acceptors (Lipinski definition) is 4. The Labute approximate surface area is 148 Å². The lowest BCUT2D eigenvalue weighted by Crippen LogP contribution is -2.51. The number of nitrogens with zero attached hydrogens (tertiary/aromatic N) is 1. The monoisotopic (exact) mass is 351 g/mol. The second-order valence-corrected chi connectivity index (χ2v) is 6.43. The minimum Gasteiger partial charge on any atom is -0.466 e. The summed E-state index contributed by atoms with van der Waals surface area (Å²) in [6.45, 7) is 3.20. The smallest absolute Gasteiger partial charge is 0.314 e. The van der Waals surface area contributed by atoms with Crippen molar-refractivity contribution in [3.05, 3.63) is 35.6 Å². The Morgan fingerprint density at radius 3 is 2.76 bits per heavy atom. The van der Waals surface area contributed by atoms with Gasteiger partial charge in [-0.05, 0) is 37.8 Å². The second-order valence-electron chi connectivity index (χ2n) is 6.43. The molecule has 1 aromatic carbocycles. The predicted octanol–water partition coefficient (Wildman–Crippen LogP) is 2.58. The first-order chi connectivity index (χ1) is 12.0. The number of amides is 1. The molecule has 1 heterocycles. The fourth-order valence-corrected chi connectivity index (χ4v) is 3.37. The van der Waals surface area contributed by atoms with Gasteiger partial charge in [-0.25, -0.2) is 4.39 Å². The zero-order chi connectivity index (χ0) is 18.3. The maximum atomic E-state index is 14.1. The van der Waals surface area contributed by atoms with E-state index in [1.165, 1.54) is 6.07 Å². The molecule has 1 unspecified atom stereocenters. The molecule has 1 aliphatic rings. The Balaban J connectivity index is 2.24. The van der Waals surface area contributed by atoms with Crippen molar-refractivity contribution in [2.24, 2.45) is 5.41 Å². The molecule has 0 saturated carbocycles. The standard InChI is InChI=1S/C19H26FNO4/c1-3-25-18(23)19(13-15-7-4-5-8-16(15)20)10-6-11-21(14-19)17(22)9-12-24-2/h4-5,7-8H,3,6,9-14H2,1-2H3. The molecule has 25 heavy (non-hydrogen) atoms. The molecular formula is C19H26FNO4. The number of esters is 1. The van der Waals surface area contributed by atoms with Crippen LogP contribution in [0.5, 0.6) is 0 Å². The number of benzene rings is 1. The molecule has 0 spiro atoms. The van der Waals surface area contributed by atoms with Crippen LogP contribution in [0.1, 0.15) is 31.7 Å². The molecule has 0 aliphatic carbocycles. The van der Waals surface area contributed by atoms with Crippen molar-refractivity contribution in [2.45, 2.75) is 32.6 Å². The zero-order valence-electron chi connectivity index (χ0n) is 14.9. The number of halogens is 1. The number of carbonyl (C=O) groups is 2. The second kappa shape index (κ2) is 8.94. The van der Waals surface area contributed by atoms with Gasteiger partial charge >= 0.3 is 5.97 Å². The van der Waals surface area contributed by atoms with Crippen molar-refractivity contribution >= 4 is 11.9 Å². The first-order valence-corrected chi connectivity index (χ1v) is 8.70. The molecule has 0 aromatic heterocycles. The van der Waals surface area contributed by atoms with E-state index < -0.39 is 5.41 Å². The maximum Gasteiger partial charge on any atom is 0.314 e. The molecule has 1 aromatic rings. The maximum absolute atomic E-state index is 14.1. The van der Waals surface area contributed by atoms with Crippen molar-refractivity contribution in [3.8, 4) is 0 Å². The average molecular weight is 351 g/mol. The lowest BCUT2D eigenvalue weighted by molar-refractivity contribution is -0.161. The fraction of sp³-hybridized carbons (Fsp3) is 0.579. The highest BCUT2D eigenvalue weighted by atomic mass is 19.1. The summed E-state index contributed by atoms with van der Waals surface area (Å²) in [5, 5.41) is 0. The first-order valence-electron chi connectivity index (χ1n) is 8.70. The van der Waals surface area contributed by atoms with Crippen LogP contribution in [0.15, 0.2) is 24.3 Å². The van der Waals surface area contributed by atoms with Crippen LogP contribution in [0.4, 0.5) is 4.39 Å². The Hall–Kier alpha value is -1.95. The van der Waals surface area contributed by atoms with E-state index in [0.29, 0.717) is 31.6 Å². The Morgan fingerprint density at radius 2 is 2.08 bits per heavy atom. The largest absolute Gasteiger partial charge is 0.466 e. The SMILES string of the molecule is CCOC(=O)C1(Cc2ccccc2F)CCCN(C(=O)CCOC)C1. The van der Waals surface area contributed by atoms with E-state index in [4.69, 9.17) is 9.47 Å². The minimum atomic E-state index is -0.904. The van der Waals surface area contributed by atoms with Gasteiger partial charge in [0.25, 0.3) is 0 Å². The summed E-state index contributed by atoms with van der Waals surface area (Å²) in [6, 6.07) is 6.44. The van der Waals surface area contributed by atoms with Crippen molar-refractivity contribution in [3.63, 3.8) is 0 Å². The molecule has 1 aliphatic heterocycles. The molecule has 2 rings (SSSR count). The minimum absolute atomic E-state index is 0.0521. The first kappa shape index (κ1) is 19.4. The Bertz CT molecular complexity index is 607. The van der Waals surface area contributed by atoms with Gasteiger partial charge in [0.05, 0.1) is 25.0 Å². The molecule has 6 heteroatoms. The highest BCUT2D eigenvalue weighted by Gasteiger charge is 2.45. The normalized spacial score (nSPS) is 20.4. The Morgan fingerprint density at radius 1 is 1.32 bits per heavy atom. The van der Waals surface area contributed by atoms with Crippen LogP contribution in [0.3, 0.4) is 0 Å². The summed E-state index contributed by atoms with van der Waals surface area (Å²) >= 11 is 0. The van der Waals surface area contributed by atoms with E-state index in [0.717, 1.165) is 0 Å². The lowest BCUT2D eigenvalue weighted by Gasteiger charge is -2.41. The van der Waals surface area contributed by atoms with E-state index in [2.05, 4.69) is 0 Å². The molecular weight excluding hydrogens is 325 g/mol. The average Bonchev–Trinajstić information content (AvgIpc) is 2.62. The number of ether oxygens (including phenoxy) is 2. The third-order valence-electron chi connectivity index (χ3n) is 4.64. The third-order valence-corrected chi connectivity index (χ3v) is 4.64. The number of hydrogen-bond donors (Lipinski definition) is 0. The summed E-state index contributed by atoms with van der Waals surface area (Å²) in [4.78, 5) is 26.8. The topological polar surface area (TPSA) is 55.8 Å². The summed E-state index contributed by atoms with van der Waals surface area (Å²) in [5.74, 6) is -0.750. The van der Waals surface area contributed by atoms with Crippen molar-refractivity contribution < 1.29 is 23.5 Å². The van der Waals surface area contributed by atoms with Crippen LogP contribution in [0.25, 0.3) is 0 Å². The third kappa shape index (κ3) is 4.78. The van der Waals surface area contributed by atoms with E-state index in [9.17, 15) is 14.0 Å². The molecule has 1 saturated heterocycles. The summed E-state index contributed by atoms with van der Waals surface area (Å²) in [6.07, 6.45) is 1.77. The van der Waals surface area contributed by atoms with Crippen LogP contribution < -0.4 is 0 Å². The van der Waals surface area contributed by atoms with Gasteiger partial charge < -0.3 is 14.4 Å². The number of rotatable bonds is 7. The number of piperidine rings is 1. The molecule has 0 radical (unpaired) electrons. The number of likely N-dealkylation sites (tertiary alicyclic amines) is 1. The van der Waals surface area contributed by atoms with E-state index in [1.807, 2.05) is 0 Å². The van der Waals surface area contributed by atoms with E-state index in [1.54, 1.807) is 37.1 Å². The number of methoxy groups -OCH3 is 1. The van der Waals surface area contributed by atoms with Gasteiger partial charge in [0.15, 0.2) is 0 Å². The van der Waals surface area contributed by atoms with Crippen molar-refractivity contribution in [1.82, 2.24) is 4.90 Å². The molecule has 0 N–H and O–H groups in total. The van der Waals surface area contributed by atoms with Crippen molar-refractivity contribution in [1.29, 1.82) is 0 Å². The molecule has 1 fully saturated rings. The van der Waals surface area contributed by atoms with Gasteiger partial charge in [-0.3, -0.25) is 9.59 Å². The van der Waals surface area contributed by atoms with Gasteiger partial charge in [0.1, 0.15) is 5.82 Å². The van der Waals surface area contributed by atoms with Crippen molar-refractivity contribution in [2.75, 3.05) is 33.4 Å². The molecule has 5 nitrogen and oxygen atoms in total. The van der Waals surface area contributed by atoms with Gasteiger partial charge in [0.2, 0.25) is 5.91 Å². The van der Waals surface area contributed by atoms with Gasteiger partial charge in [-0.15, -0.1) is 0 Å². The molecule has 1 amide bonds. The van der Waals surface area contributed by atoms with E-state index >= 15 is 0 Å². The van der Waals surface area contributed by atoms with E-state index in [-0.39, 0.29) is 43.7 Å². The lowest BCUT2D eigenvalue weighted by atomic mass is 9.75. The highest BCUT2D eigenvalue weighted by Crippen LogP contribution is 2.36. The Kier molecular flexibility index (Phi) is 6.93. The number of carbonyl (C=O) groups excluding carboxylic acids is 2. The van der Waals surface area contributed by atoms with Crippen LogP contribution >= 0.6 is 0 Å². The van der Waals surface area contributed by atoms with Crippen LogP contribution in [-0.2, 0) is 25.5 Å². The van der Waals surface area contributed by atoms with Crippen LogP contribution in [0, 0.1) is 11.2 Å². The van der Waals surface area contributed by atoms with Gasteiger partial charge in [-0.1, -0.05) is 18.2 Å². The summed E-state index contributed by atoms with van der Waals surface area (Å²) < 4.78 is 24.4.